The highest BCUT2D eigenvalue weighted by Gasteiger charge is 2.23. The molecule has 3 amide bonds. The number of amides is 3. The maximum absolute atomic E-state index is 13.3. The quantitative estimate of drug-likeness (QED) is 0.255. The van der Waals surface area contributed by atoms with Crippen molar-refractivity contribution in [2.24, 2.45) is 5.73 Å². The average molecular weight is 589 g/mol. The van der Waals surface area contributed by atoms with E-state index in [9.17, 15) is 14.4 Å². The van der Waals surface area contributed by atoms with Crippen LogP contribution in [-0.4, -0.2) is 79.8 Å². The van der Waals surface area contributed by atoms with Crippen LogP contribution in [0.25, 0.3) is 32.9 Å². The molecule has 9 heteroatoms. The number of H-pyrrole nitrogens is 1. The second-order valence-electron chi connectivity index (χ2n) is 11.6. The number of hydrogen-bond donors (Lipinski definition) is 3. The minimum atomic E-state index is -0.542. The molecule has 0 saturated carbocycles. The van der Waals surface area contributed by atoms with Crippen molar-refractivity contribution in [1.82, 2.24) is 14.8 Å². The Labute approximate surface area is 256 Å². The van der Waals surface area contributed by atoms with Crippen LogP contribution in [0.2, 0.25) is 0 Å². The minimum absolute atomic E-state index is 0.00981. The zero-order chi connectivity index (χ0) is 31.1. The lowest BCUT2D eigenvalue weighted by atomic mass is 9.93. The third-order valence-corrected chi connectivity index (χ3v) is 8.55. The number of carbonyl (C=O) groups is 3. The number of likely N-dealkylation sites (N-methyl/N-ethyl adjacent to an activating group) is 1. The van der Waals surface area contributed by atoms with Gasteiger partial charge in [0.2, 0.25) is 0 Å². The maximum Gasteiger partial charge on any atom is 0.255 e. The Kier molecular flexibility index (Phi) is 7.57. The van der Waals surface area contributed by atoms with Crippen molar-refractivity contribution in [3.05, 3.63) is 95.1 Å². The van der Waals surface area contributed by atoms with Crippen molar-refractivity contribution in [2.45, 2.75) is 6.92 Å². The van der Waals surface area contributed by atoms with Gasteiger partial charge in [0.05, 0.1) is 11.1 Å². The highest BCUT2D eigenvalue weighted by Crippen LogP contribution is 2.39. The van der Waals surface area contributed by atoms with E-state index in [1.54, 1.807) is 12.1 Å². The summed E-state index contributed by atoms with van der Waals surface area (Å²) in [5, 5.41) is 4.79. The second kappa shape index (κ2) is 11.5. The number of nitrogens with two attached hydrogens (primary N) is 1. The first kappa shape index (κ1) is 28.9. The number of aromatic nitrogens is 1. The molecule has 4 N–H and O–H groups in total. The third-order valence-electron chi connectivity index (χ3n) is 8.55. The van der Waals surface area contributed by atoms with E-state index in [1.165, 1.54) is 0 Å². The van der Waals surface area contributed by atoms with Crippen molar-refractivity contribution in [3.63, 3.8) is 0 Å². The van der Waals surface area contributed by atoms with E-state index < -0.39 is 5.91 Å². The molecular formula is C35H36N6O3. The lowest BCUT2D eigenvalue weighted by Gasteiger charge is -2.32. The second-order valence-corrected chi connectivity index (χ2v) is 11.6. The third kappa shape index (κ3) is 5.26. The molecule has 224 valence electrons. The van der Waals surface area contributed by atoms with Gasteiger partial charge in [-0.05, 0) is 73.1 Å². The minimum Gasteiger partial charge on any atom is -0.378 e. The molecule has 0 radical (unpaired) electrons. The molecule has 0 bridgehead atoms. The summed E-state index contributed by atoms with van der Waals surface area (Å²) in [5.74, 6) is -0.753. The van der Waals surface area contributed by atoms with Gasteiger partial charge < -0.3 is 30.7 Å². The largest absolute Gasteiger partial charge is 0.378 e. The Balaban J connectivity index is 1.41. The van der Waals surface area contributed by atoms with Crippen LogP contribution < -0.4 is 16.0 Å². The van der Waals surface area contributed by atoms with Gasteiger partial charge in [-0.3, -0.25) is 14.4 Å². The van der Waals surface area contributed by atoms with Crippen molar-refractivity contribution in [2.75, 3.05) is 57.5 Å². The first-order chi connectivity index (χ1) is 21.1. The number of piperazine rings is 1. The van der Waals surface area contributed by atoms with Gasteiger partial charge in [0.1, 0.15) is 0 Å². The molecule has 1 saturated heterocycles. The molecule has 6 rings (SSSR count). The van der Waals surface area contributed by atoms with Gasteiger partial charge in [-0.2, -0.15) is 0 Å². The van der Waals surface area contributed by atoms with E-state index in [0.29, 0.717) is 41.0 Å². The summed E-state index contributed by atoms with van der Waals surface area (Å²) in [5.41, 5.74) is 13.0. The molecule has 0 atom stereocenters. The summed E-state index contributed by atoms with van der Waals surface area (Å²) in [6.07, 6.45) is 0. The molecule has 1 fully saturated rings. The standard InChI is InChI=1S/C35H36N6O3/c1-21-25(9-6-10-29(21)38-34(43)22-7-5-8-24(19-22)39(2)3)26-13-14-28(33(36)42)32-31(26)27-12-11-23(20-30(27)37-32)35(44)41-17-15-40(4)16-18-41/h5-14,19-20,37H,15-18H2,1-4H3,(H2,36,42)(H,38,43). The lowest BCUT2D eigenvalue weighted by Crippen LogP contribution is -2.47. The number of carbonyl (C=O) groups excluding carboxylic acids is 3. The Hall–Kier alpha value is -5.15. The van der Waals surface area contributed by atoms with E-state index in [1.807, 2.05) is 91.5 Å². The van der Waals surface area contributed by atoms with Crippen molar-refractivity contribution >= 4 is 50.9 Å². The number of anilines is 2. The SMILES string of the molecule is Cc1c(NC(=O)c2cccc(N(C)C)c2)cccc1-c1ccc(C(N)=O)c2[nH]c3cc(C(=O)N4CCN(C)CC4)ccc3c12. The molecule has 1 aliphatic heterocycles. The number of fused-ring (bicyclic) bond motifs is 3. The highest BCUT2D eigenvalue weighted by atomic mass is 16.2. The molecule has 0 unspecified atom stereocenters. The van der Waals surface area contributed by atoms with Gasteiger partial charge in [-0.1, -0.05) is 30.3 Å². The topological polar surface area (TPSA) is 115 Å². The van der Waals surface area contributed by atoms with Crippen LogP contribution in [0.5, 0.6) is 0 Å². The first-order valence-electron chi connectivity index (χ1n) is 14.7. The smallest absolute Gasteiger partial charge is 0.255 e. The molecular weight excluding hydrogens is 552 g/mol. The molecule has 5 aromatic rings. The van der Waals surface area contributed by atoms with Crippen LogP contribution in [0.15, 0.2) is 72.8 Å². The maximum atomic E-state index is 13.3. The number of benzene rings is 4. The Morgan fingerprint density at radius 1 is 0.864 bits per heavy atom. The van der Waals surface area contributed by atoms with Crippen LogP contribution in [0.3, 0.4) is 0 Å². The zero-order valence-electron chi connectivity index (χ0n) is 25.4. The van der Waals surface area contributed by atoms with Gasteiger partial charge in [0.15, 0.2) is 0 Å². The monoisotopic (exact) mass is 588 g/mol. The highest BCUT2D eigenvalue weighted by molar-refractivity contribution is 6.20. The van der Waals surface area contributed by atoms with Gasteiger partial charge in [0, 0.05) is 79.1 Å². The first-order valence-corrected chi connectivity index (χ1v) is 14.7. The van der Waals surface area contributed by atoms with Gasteiger partial charge in [-0.25, -0.2) is 0 Å². The van der Waals surface area contributed by atoms with Gasteiger partial charge >= 0.3 is 0 Å². The fourth-order valence-electron chi connectivity index (χ4n) is 5.95. The number of hydrogen-bond acceptors (Lipinski definition) is 5. The molecule has 4 aromatic carbocycles. The Morgan fingerprint density at radius 2 is 1.61 bits per heavy atom. The van der Waals surface area contributed by atoms with Crippen LogP contribution >= 0.6 is 0 Å². The molecule has 44 heavy (non-hydrogen) atoms. The summed E-state index contributed by atoms with van der Waals surface area (Å²) in [7, 11) is 5.93. The molecule has 0 spiro atoms. The Bertz CT molecular complexity index is 1930. The van der Waals surface area contributed by atoms with E-state index in [2.05, 4.69) is 22.2 Å². The number of aromatic amines is 1. The predicted molar refractivity (Wildman–Crippen MR) is 177 cm³/mol. The zero-order valence-corrected chi connectivity index (χ0v) is 25.4. The summed E-state index contributed by atoms with van der Waals surface area (Å²) in [6.45, 7) is 5.02. The molecule has 2 heterocycles. The van der Waals surface area contributed by atoms with Crippen LogP contribution in [0.1, 0.15) is 36.6 Å². The molecule has 9 nitrogen and oxygen atoms in total. The van der Waals surface area contributed by atoms with Gasteiger partial charge in [-0.15, -0.1) is 0 Å². The van der Waals surface area contributed by atoms with Crippen LogP contribution in [0.4, 0.5) is 11.4 Å². The number of nitrogens with one attached hydrogen (secondary N) is 2. The van der Waals surface area contributed by atoms with Crippen molar-refractivity contribution in [1.29, 1.82) is 0 Å². The average Bonchev–Trinajstić information content (AvgIpc) is 3.40. The van der Waals surface area contributed by atoms with Crippen molar-refractivity contribution < 1.29 is 14.4 Å². The fourth-order valence-corrected chi connectivity index (χ4v) is 5.95. The van der Waals surface area contributed by atoms with Crippen LogP contribution in [-0.2, 0) is 0 Å². The van der Waals surface area contributed by atoms with E-state index in [4.69, 9.17) is 5.73 Å². The lowest BCUT2D eigenvalue weighted by molar-refractivity contribution is 0.0664. The van der Waals surface area contributed by atoms with Gasteiger partial charge in [0.25, 0.3) is 17.7 Å². The normalized spacial score (nSPS) is 13.8. The van der Waals surface area contributed by atoms with E-state index in [0.717, 1.165) is 51.8 Å². The van der Waals surface area contributed by atoms with E-state index >= 15 is 0 Å². The molecule has 0 aliphatic carbocycles. The molecule has 1 aliphatic rings. The summed E-state index contributed by atoms with van der Waals surface area (Å²) >= 11 is 0. The van der Waals surface area contributed by atoms with Crippen LogP contribution in [0, 0.1) is 6.92 Å². The predicted octanol–water partition coefficient (Wildman–Crippen LogP) is 5.10. The number of rotatable bonds is 6. The Morgan fingerprint density at radius 3 is 2.34 bits per heavy atom. The van der Waals surface area contributed by atoms with Crippen molar-refractivity contribution in [3.8, 4) is 11.1 Å². The summed E-state index contributed by atoms with van der Waals surface area (Å²) in [6, 6.07) is 22.5. The number of primary amides is 1. The molecule has 1 aromatic heterocycles. The van der Waals surface area contributed by atoms with E-state index in [-0.39, 0.29) is 11.8 Å². The summed E-state index contributed by atoms with van der Waals surface area (Å²) in [4.78, 5) is 48.5. The number of nitrogens with zero attached hydrogens (tertiary/aromatic N) is 3. The fraction of sp³-hybridized carbons (Fsp3) is 0.229. The summed E-state index contributed by atoms with van der Waals surface area (Å²) < 4.78 is 0.